The maximum atomic E-state index is 12.2. The average Bonchev–Trinajstić information content (AvgIpc) is 2.64. The number of aromatic nitrogens is 1. The Morgan fingerprint density at radius 3 is 2.43 bits per heavy atom. The lowest BCUT2D eigenvalue weighted by Crippen LogP contribution is -2.13. The minimum absolute atomic E-state index is 0.179. The van der Waals surface area contributed by atoms with Gasteiger partial charge in [0.2, 0.25) is 10.0 Å². The fourth-order valence-electron chi connectivity index (χ4n) is 2.82. The molecular weight excluding hydrogens is 400 g/mol. The molecule has 3 aromatic rings. The van der Waals surface area contributed by atoms with Crippen molar-refractivity contribution in [3.63, 3.8) is 0 Å². The predicted molar refractivity (Wildman–Crippen MR) is 112 cm³/mol. The first kappa shape index (κ1) is 20.0. The zero-order chi connectivity index (χ0) is 20.3. The van der Waals surface area contributed by atoms with Crippen molar-refractivity contribution in [1.29, 1.82) is 0 Å². The number of nitrogens with one attached hydrogen (secondary N) is 2. The summed E-state index contributed by atoms with van der Waals surface area (Å²) >= 11 is 5.91. The summed E-state index contributed by atoms with van der Waals surface area (Å²) in [5.41, 5.74) is 3.19. The summed E-state index contributed by atoms with van der Waals surface area (Å²) < 4.78 is 30.9. The van der Waals surface area contributed by atoms with Crippen LogP contribution < -0.4 is 15.0 Å². The molecule has 0 spiro atoms. The van der Waals surface area contributed by atoms with Crippen molar-refractivity contribution in [2.45, 2.75) is 6.42 Å². The van der Waals surface area contributed by atoms with Gasteiger partial charge in [-0.15, -0.1) is 0 Å². The Morgan fingerprint density at radius 2 is 1.79 bits per heavy atom. The van der Waals surface area contributed by atoms with Crippen LogP contribution in [-0.4, -0.2) is 26.8 Å². The number of rotatable bonds is 6. The normalized spacial score (nSPS) is 11.2. The highest BCUT2D eigenvalue weighted by Gasteiger charge is 2.11. The number of methoxy groups -OCH3 is 1. The maximum absolute atomic E-state index is 12.2. The summed E-state index contributed by atoms with van der Waals surface area (Å²) in [5.74, 6) is 0.403. The van der Waals surface area contributed by atoms with E-state index in [1.807, 2.05) is 12.1 Å². The lowest BCUT2D eigenvalue weighted by Gasteiger charge is -2.12. The van der Waals surface area contributed by atoms with Gasteiger partial charge in [0.25, 0.3) is 5.56 Å². The second kappa shape index (κ2) is 8.08. The fourth-order valence-corrected chi connectivity index (χ4v) is 3.50. The molecule has 1 heterocycles. The Hall–Kier alpha value is -2.77. The first-order chi connectivity index (χ1) is 13.2. The zero-order valence-electron chi connectivity index (χ0n) is 15.3. The molecule has 0 bridgehead atoms. The number of hydrogen-bond donors (Lipinski definition) is 2. The molecular formula is C20H19ClN2O4S. The first-order valence-corrected chi connectivity index (χ1v) is 10.6. The highest BCUT2D eigenvalue weighted by molar-refractivity contribution is 7.92. The van der Waals surface area contributed by atoms with Gasteiger partial charge >= 0.3 is 0 Å². The molecule has 0 fully saturated rings. The highest BCUT2D eigenvalue weighted by atomic mass is 35.5. The SMILES string of the molecule is COc1ccc(-c2c[nH]c(=O)c(Cc3ccc(Cl)cc3)c2)cc1NS(C)(=O)=O. The van der Waals surface area contributed by atoms with Crippen LogP contribution in [0.15, 0.2) is 59.5 Å². The summed E-state index contributed by atoms with van der Waals surface area (Å²) in [6, 6.07) is 14.2. The van der Waals surface area contributed by atoms with E-state index in [9.17, 15) is 13.2 Å². The molecule has 6 nitrogen and oxygen atoms in total. The Balaban J connectivity index is 1.98. The zero-order valence-corrected chi connectivity index (χ0v) is 16.9. The average molecular weight is 419 g/mol. The summed E-state index contributed by atoms with van der Waals surface area (Å²) in [4.78, 5) is 15.0. The number of halogens is 1. The number of anilines is 1. The maximum Gasteiger partial charge on any atom is 0.251 e. The molecule has 146 valence electrons. The number of benzene rings is 2. The third-order valence-electron chi connectivity index (χ3n) is 4.12. The molecule has 0 atom stereocenters. The lowest BCUT2D eigenvalue weighted by atomic mass is 10.0. The molecule has 0 amide bonds. The van der Waals surface area contributed by atoms with Crippen LogP contribution >= 0.6 is 11.6 Å². The van der Waals surface area contributed by atoms with E-state index in [-0.39, 0.29) is 5.56 Å². The largest absolute Gasteiger partial charge is 0.495 e. The Kier molecular flexibility index (Phi) is 5.76. The van der Waals surface area contributed by atoms with Crippen LogP contribution in [0.25, 0.3) is 11.1 Å². The fraction of sp³-hybridized carbons (Fsp3) is 0.150. The van der Waals surface area contributed by atoms with Crippen molar-refractivity contribution in [3.05, 3.63) is 81.2 Å². The molecule has 0 aliphatic carbocycles. The number of ether oxygens (including phenoxy) is 1. The van der Waals surface area contributed by atoms with Gasteiger partial charge in [0.1, 0.15) is 5.75 Å². The summed E-state index contributed by atoms with van der Waals surface area (Å²) in [7, 11) is -2.00. The molecule has 0 saturated heterocycles. The Morgan fingerprint density at radius 1 is 1.07 bits per heavy atom. The van der Waals surface area contributed by atoms with E-state index in [2.05, 4.69) is 9.71 Å². The minimum atomic E-state index is -3.47. The van der Waals surface area contributed by atoms with Gasteiger partial charge in [-0.3, -0.25) is 9.52 Å². The van der Waals surface area contributed by atoms with Crippen LogP contribution in [0, 0.1) is 0 Å². The molecule has 1 aromatic heterocycles. The van der Waals surface area contributed by atoms with Gasteiger partial charge in [-0.2, -0.15) is 0 Å². The van der Waals surface area contributed by atoms with Gasteiger partial charge < -0.3 is 9.72 Å². The second-order valence-electron chi connectivity index (χ2n) is 6.34. The predicted octanol–water partition coefficient (Wildman–Crippen LogP) is 3.67. The van der Waals surface area contributed by atoms with Crippen molar-refractivity contribution < 1.29 is 13.2 Å². The summed E-state index contributed by atoms with van der Waals surface area (Å²) in [6.45, 7) is 0. The van der Waals surface area contributed by atoms with Crippen LogP contribution in [-0.2, 0) is 16.4 Å². The van der Waals surface area contributed by atoms with Crippen molar-refractivity contribution >= 4 is 27.3 Å². The van der Waals surface area contributed by atoms with Crippen LogP contribution in [0.2, 0.25) is 5.02 Å². The van der Waals surface area contributed by atoms with E-state index in [0.29, 0.717) is 28.4 Å². The Bertz CT molecular complexity index is 1160. The second-order valence-corrected chi connectivity index (χ2v) is 8.52. The minimum Gasteiger partial charge on any atom is -0.495 e. The topological polar surface area (TPSA) is 88.3 Å². The quantitative estimate of drug-likeness (QED) is 0.639. The summed E-state index contributed by atoms with van der Waals surface area (Å²) in [6.07, 6.45) is 3.12. The molecule has 0 aliphatic rings. The Labute approximate surface area is 168 Å². The monoisotopic (exact) mass is 418 g/mol. The van der Waals surface area contributed by atoms with Gasteiger partial charge in [0.05, 0.1) is 19.1 Å². The van der Waals surface area contributed by atoms with E-state index in [0.717, 1.165) is 22.9 Å². The van der Waals surface area contributed by atoms with Crippen LogP contribution in [0.3, 0.4) is 0 Å². The van der Waals surface area contributed by atoms with Crippen LogP contribution in [0.5, 0.6) is 5.75 Å². The smallest absolute Gasteiger partial charge is 0.251 e. The molecule has 3 rings (SSSR count). The number of hydrogen-bond acceptors (Lipinski definition) is 4. The van der Waals surface area contributed by atoms with Crippen molar-refractivity contribution in [2.24, 2.45) is 0 Å². The third-order valence-corrected chi connectivity index (χ3v) is 4.96. The van der Waals surface area contributed by atoms with E-state index >= 15 is 0 Å². The van der Waals surface area contributed by atoms with Gasteiger partial charge in [-0.1, -0.05) is 29.8 Å². The number of pyridine rings is 1. The van der Waals surface area contributed by atoms with E-state index in [1.54, 1.807) is 42.6 Å². The summed E-state index contributed by atoms with van der Waals surface area (Å²) in [5, 5.41) is 0.635. The van der Waals surface area contributed by atoms with Gasteiger partial charge in [0, 0.05) is 23.2 Å². The van der Waals surface area contributed by atoms with E-state index < -0.39 is 10.0 Å². The molecule has 28 heavy (non-hydrogen) atoms. The van der Waals surface area contributed by atoms with Crippen molar-refractivity contribution in [1.82, 2.24) is 4.98 Å². The standard InChI is InChI=1S/C20H19ClN2O4S/c1-27-19-8-5-14(11-18(19)23-28(2,25)26)16-10-15(20(24)22-12-16)9-13-3-6-17(21)7-4-13/h3-8,10-12,23H,9H2,1-2H3,(H,22,24). The molecule has 2 aromatic carbocycles. The van der Waals surface area contributed by atoms with Crippen molar-refractivity contribution in [2.75, 3.05) is 18.1 Å². The number of aromatic amines is 1. The first-order valence-electron chi connectivity index (χ1n) is 8.37. The number of sulfonamides is 1. The third kappa shape index (κ3) is 4.94. The molecule has 0 saturated carbocycles. The number of H-pyrrole nitrogens is 1. The van der Waals surface area contributed by atoms with Crippen LogP contribution in [0.4, 0.5) is 5.69 Å². The highest BCUT2D eigenvalue weighted by Crippen LogP contribution is 2.31. The molecule has 0 unspecified atom stereocenters. The van der Waals surface area contributed by atoms with Gasteiger partial charge in [0.15, 0.2) is 0 Å². The van der Waals surface area contributed by atoms with Gasteiger partial charge in [-0.05, 0) is 47.0 Å². The molecule has 0 aliphatic heterocycles. The van der Waals surface area contributed by atoms with E-state index in [4.69, 9.17) is 16.3 Å². The van der Waals surface area contributed by atoms with Gasteiger partial charge in [-0.25, -0.2) is 8.42 Å². The molecule has 0 radical (unpaired) electrons. The molecule has 8 heteroatoms. The van der Waals surface area contributed by atoms with Crippen LogP contribution in [0.1, 0.15) is 11.1 Å². The lowest BCUT2D eigenvalue weighted by molar-refractivity contribution is 0.417. The van der Waals surface area contributed by atoms with Crippen molar-refractivity contribution in [3.8, 4) is 16.9 Å². The molecule has 2 N–H and O–H groups in total. The van der Waals surface area contributed by atoms with E-state index in [1.165, 1.54) is 7.11 Å².